The molecule has 0 atom stereocenters. The summed E-state index contributed by atoms with van der Waals surface area (Å²) >= 11 is 1.58. The van der Waals surface area contributed by atoms with E-state index in [1.54, 1.807) is 11.3 Å². The minimum atomic E-state index is -0.0464. The van der Waals surface area contributed by atoms with Crippen LogP contribution in [0.1, 0.15) is 28.1 Å². The molecule has 6 nitrogen and oxygen atoms in total. The monoisotopic (exact) mass is 489 g/mol. The molecule has 0 unspecified atom stereocenters. The number of nitrogens with zero attached hydrogens (tertiary/aromatic N) is 2. The number of amides is 2. The van der Waals surface area contributed by atoms with Crippen molar-refractivity contribution < 1.29 is 14.3 Å². The van der Waals surface area contributed by atoms with E-state index in [1.807, 2.05) is 59.5 Å². The van der Waals surface area contributed by atoms with Gasteiger partial charge in [-0.25, -0.2) is 0 Å². The van der Waals surface area contributed by atoms with E-state index in [2.05, 4.69) is 22.3 Å². The number of benzene rings is 2. The van der Waals surface area contributed by atoms with Crippen LogP contribution in [0.15, 0.2) is 66.7 Å². The number of hydrogen-bond acceptors (Lipinski definition) is 5. The van der Waals surface area contributed by atoms with E-state index in [1.165, 1.54) is 0 Å². The Balaban J connectivity index is 1.24. The highest BCUT2D eigenvalue weighted by Gasteiger charge is 2.30. The summed E-state index contributed by atoms with van der Waals surface area (Å²) in [5, 5.41) is 4.19. The van der Waals surface area contributed by atoms with Crippen LogP contribution in [0.5, 0.6) is 0 Å². The highest BCUT2D eigenvalue weighted by atomic mass is 32.1. The summed E-state index contributed by atoms with van der Waals surface area (Å²) in [6, 6.07) is 22.3. The Kier molecular flexibility index (Phi) is 7.45. The van der Waals surface area contributed by atoms with Gasteiger partial charge in [-0.1, -0.05) is 60.7 Å². The lowest BCUT2D eigenvalue weighted by molar-refractivity contribution is -0.126. The van der Waals surface area contributed by atoms with E-state index in [9.17, 15) is 9.59 Å². The quantitative estimate of drug-likeness (QED) is 0.557. The van der Waals surface area contributed by atoms with Crippen molar-refractivity contribution in [2.24, 2.45) is 5.92 Å². The van der Waals surface area contributed by atoms with Crippen molar-refractivity contribution in [2.45, 2.75) is 19.4 Å². The van der Waals surface area contributed by atoms with Gasteiger partial charge in [0.05, 0.1) is 23.1 Å². The van der Waals surface area contributed by atoms with Gasteiger partial charge in [0.25, 0.3) is 5.91 Å². The summed E-state index contributed by atoms with van der Waals surface area (Å²) in [6.07, 6.45) is 1.39. The Labute approximate surface area is 210 Å². The van der Waals surface area contributed by atoms with Gasteiger partial charge in [-0.2, -0.15) is 0 Å². The Hall–Kier alpha value is -3.16. The molecule has 3 aromatic rings. The van der Waals surface area contributed by atoms with Crippen LogP contribution in [0.2, 0.25) is 0 Å². The van der Waals surface area contributed by atoms with Crippen molar-refractivity contribution in [3.05, 3.63) is 77.2 Å². The molecule has 2 aliphatic heterocycles. The molecule has 2 amide bonds. The molecule has 0 bridgehead atoms. The number of ether oxygens (including phenoxy) is 1. The molecular weight excluding hydrogens is 458 g/mol. The zero-order valence-corrected chi connectivity index (χ0v) is 20.6. The largest absolute Gasteiger partial charge is 0.378 e. The molecule has 0 saturated carbocycles. The third kappa shape index (κ3) is 5.57. The van der Waals surface area contributed by atoms with Gasteiger partial charge in [0, 0.05) is 44.2 Å². The Morgan fingerprint density at radius 3 is 2.26 bits per heavy atom. The predicted molar refractivity (Wildman–Crippen MR) is 140 cm³/mol. The summed E-state index contributed by atoms with van der Waals surface area (Å²) in [6.45, 7) is 4.82. The highest BCUT2D eigenvalue weighted by molar-refractivity contribution is 7.18. The standard InChI is InChI=1S/C28H31N3O3S/c32-26(29-20-21-7-3-1-4-8-21)23-11-13-30(14-12-23)27(33)25-19-24(22-9-5-2-6-10-22)28(35-25)31-15-17-34-18-16-31/h1-10,19,23H,11-18,20H2,(H,29,32). The van der Waals surface area contributed by atoms with Crippen LogP contribution in [0.4, 0.5) is 5.00 Å². The number of morpholine rings is 1. The zero-order chi connectivity index (χ0) is 24.0. The van der Waals surface area contributed by atoms with Crippen LogP contribution < -0.4 is 10.2 Å². The van der Waals surface area contributed by atoms with Crippen molar-refractivity contribution in [3.8, 4) is 11.1 Å². The third-order valence-corrected chi connectivity index (χ3v) is 7.95. The first kappa shape index (κ1) is 23.6. The summed E-state index contributed by atoms with van der Waals surface area (Å²) in [4.78, 5) is 31.1. The Morgan fingerprint density at radius 1 is 0.914 bits per heavy atom. The summed E-state index contributed by atoms with van der Waals surface area (Å²) in [5.41, 5.74) is 3.32. The molecular formula is C28H31N3O3S. The van der Waals surface area contributed by atoms with Gasteiger partial charge in [-0.15, -0.1) is 11.3 Å². The first-order chi connectivity index (χ1) is 17.2. The second kappa shape index (κ2) is 11.1. The van der Waals surface area contributed by atoms with E-state index in [4.69, 9.17) is 4.74 Å². The summed E-state index contributed by atoms with van der Waals surface area (Å²) < 4.78 is 5.54. The average Bonchev–Trinajstić information content (AvgIpc) is 3.39. The van der Waals surface area contributed by atoms with Crippen molar-refractivity contribution in [3.63, 3.8) is 0 Å². The summed E-state index contributed by atoms with van der Waals surface area (Å²) in [5.74, 6) is 0.0998. The lowest BCUT2D eigenvalue weighted by Gasteiger charge is -2.31. The molecule has 0 spiro atoms. The molecule has 2 saturated heterocycles. The lowest BCUT2D eigenvalue weighted by Crippen LogP contribution is -2.42. The van der Waals surface area contributed by atoms with E-state index in [0.29, 0.717) is 45.7 Å². The van der Waals surface area contributed by atoms with Gasteiger partial charge < -0.3 is 19.9 Å². The molecule has 7 heteroatoms. The van der Waals surface area contributed by atoms with Crippen LogP contribution in [-0.2, 0) is 16.1 Å². The van der Waals surface area contributed by atoms with Gasteiger partial charge >= 0.3 is 0 Å². The smallest absolute Gasteiger partial charge is 0.264 e. The number of piperidine rings is 1. The second-order valence-corrected chi connectivity index (χ2v) is 10.1. The van der Waals surface area contributed by atoms with Gasteiger partial charge in [0.2, 0.25) is 5.91 Å². The minimum absolute atomic E-state index is 0.0464. The van der Waals surface area contributed by atoms with Crippen molar-refractivity contribution in [1.82, 2.24) is 10.2 Å². The maximum atomic E-state index is 13.5. The molecule has 3 heterocycles. The molecule has 0 radical (unpaired) electrons. The van der Waals surface area contributed by atoms with Crippen molar-refractivity contribution >= 4 is 28.2 Å². The van der Waals surface area contributed by atoms with Crippen molar-refractivity contribution in [1.29, 1.82) is 0 Å². The normalized spacial score (nSPS) is 16.8. The number of carbonyl (C=O) groups excluding carboxylic acids is 2. The lowest BCUT2D eigenvalue weighted by atomic mass is 9.95. The van der Waals surface area contributed by atoms with Crippen LogP contribution in [0, 0.1) is 5.92 Å². The van der Waals surface area contributed by atoms with Gasteiger partial charge in [0.15, 0.2) is 0 Å². The molecule has 2 aliphatic rings. The fourth-order valence-corrected chi connectivity index (χ4v) is 5.94. The molecule has 2 fully saturated rings. The maximum Gasteiger partial charge on any atom is 0.264 e. The number of nitrogens with one attached hydrogen (secondary N) is 1. The van der Waals surface area contributed by atoms with Crippen molar-refractivity contribution in [2.75, 3.05) is 44.3 Å². The topological polar surface area (TPSA) is 61.9 Å². The number of carbonyl (C=O) groups is 2. The molecule has 0 aliphatic carbocycles. The third-order valence-electron chi connectivity index (χ3n) is 6.77. The van der Waals surface area contributed by atoms with E-state index < -0.39 is 0 Å². The molecule has 5 rings (SSSR count). The van der Waals surface area contributed by atoms with Crippen LogP contribution in [0.3, 0.4) is 0 Å². The number of anilines is 1. The maximum absolute atomic E-state index is 13.5. The summed E-state index contributed by atoms with van der Waals surface area (Å²) in [7, 11) is 0. The number of hydrogen-bond donors (Lipinski definition) is 1. The van der Waals surface area contributed by atoms with E-state index in [0.717, 1.165) is 39.7 Å². The van der Waals surface area contributed by atoms with Crippen LogP contribution in [0.25, 0.3) is 11.1 Å². The zero-order valence-electron chi connectivity index (χ0n) is 19.8. The second-order valence-electron chi connectivity index (χ2n) is 9.06. The van der Waals surface area contributed by atoms with Crippen LogP contribution in [-0.4, -0.2) is 56.1 Å². The number of thiophene rings is 1. The number of rotatable bonds is 6. The molecule has 182 valence electrons. The van der Waals surface area contributed by atoms with Crippen LogP contribution >= 0.6 is 11.3 Å². The Morgan fingerprint density at radius 2 is 1.57 bits per heavy atom. The Bertz CT molecular complexity index is 1130. The van der Waals surface area contributed by atoms with Gasteiger partial charge in [-0.3, -0.25) is 9.59 Å². The SMILES string of the molecule is O=C(NCc1ccccc1)C1CCN(C(=O)c2cc(-c3ccccc3)c(N3CCOCC3)s2)CC1. The van der Waals surface area contributed by atoms with Gasteiger partial charge in [-0.05, 0) is 30.0 Å². The highest BCUT2D eigenvalue weighted by Crippen LogP contribution is 2.40. The average molecular weight is 490 g/mol. The molecule has 1 aromatic heterocycles. The minimum Gasteiger partial charge on any atom is -0.378 e. The molecule has 35 heavy (non-hydrogen) atoms. The number of likely N-dealkylation sites (tertiary alicyclic amines) is 1. The first-order valence-corrected chi connectivity index (χ1v) is 13.1. The fraction of sp³-hybridized carbons (Fsp3) is 0.357. The van der Waals surface area contributed by atoms with E-state index in [-0.39, 0.29) is 17.7 Å². The molecule has 2 aromatic carbocycles. The van der Waals surface area contributed by atoms with E-state index >= 15 is 0 Å². The van der Waals surface area contributed by atoms with Gasteiger partial charge in [0.1, 0.15) is 0 Å². The predicted octanol–water partition coefficient (Wildman–Crippen LogP) is 4.42. The molecule has 1 N–H and O–H groups in total. The first-order valence-electron chi connectivity index (χ1n) is 12.3. The fourth-order valence-electron chi connectivity index (χ4n) is 4.74.